The molecular weight excluding hydrogens is 391 g/mol. The topological polar surface area (TPSA) is 59.4 Å². The Labute approximate surface area is 183 Å². The van der Waals surface area contributed by atoms with Crippen LogP contribution in [0.15, 0.2) is 36.4 Å². The number of benzene rings is 2. The molecule has 1 amide bonds. The van der Waals surface area contributed by atoms with Crippen molar-refractivity contribution in [2.45, 2.75) is 32.7 Å². The molecule has 0 aliphatic carbocycles. The van der Waals surface area contributed by atoms with Crippen molar-refractivity contribution in [1.82, 2.24) is 10.2 Å². The van der Waals surface area contributed by atoms with E-state index in [1.54, 1.807) is 12.1 Å². The first kappa shape index (κ1) is 21.3. The van der Waals surface area contributed by atoms with Crippen LogP contribution < -0.4 is 10.2 Å². The van der Waals surface area contributed by atoms with Gasteiger partial charge in [0.05, 0.1) is 23.2 Å². The van der Waals surface area contributed by atoms with Crippen molar-refractivity contribution in [3.8, 4) is 6.07 Å². The highest BCUT2D eigenvalue weighted by Gasteiger charge is 2.27. The molecule has 0 saturated carbocycles. The first-order valence-corrected chi connectivity index (χ1v) is 11.1. The molecule has 2 aromatic rings. The SMILES string of the molecule is Cc1ccc2c(c1)CCN(CCNC(=O)C1CCCN(c3ccc(C#N)cc3F)C1)C2. The van der Waals surface area contributed by atoms with Crippen LogP contribution >= 0.6 is 0 Å². The maximum Gasteiger partial charge on any atom is 0.224 e. The number of nitrogens with zero attached hydrogens (tertiary/aromatic N) is 3. The third-order valence-corrected chi connectivity index (χ3v) is 6.39. The zero-order valence-electron chi connectivity index (χ0n) is 18.0. The van der Waals surface area contributed by atoms with E-state index in [0.717, 1.165) is 45.4 Å². The van der Waals surface area contributed by atoms with Gasteiger partial charge in [0.25, 0.3) is 0 Å². The van der Waals surface area contributed by atoms with E-state index in [4.69, 9.17) is 5.26 Å². The van der Waals surface area contributed by atoms with Crippen LogP contribution in [0.4, 0.5) is 10.1 Å². The number of aryl methyl sites for hydroxylation is 1. The third kappa shape index (κ3) is 5.05. The molecule has 2 aromatic carbocycles. The van der Waals surface area contributed by atoms with E-state index in [0.29, 0.717) is 24.3 Å². The first-order chi connectivity index (χ1) is 15.0. The van der Waals surface area contributed by atoms with Crippen LogP contribution in [-0.4, -0.2) is 43.5 Å². The highest BCUT2D eigenvalue weighted by molar-refractivity contribution is 5.79. The Morgan fingerprint density at radius 2 is 2.10 bits per heavy atom. The second-order valence-electron chi connectivity index (χ2n) is 8.65. The Morgan fingerprint density at radius 1 is 1.23 bits per heavy atom. The van der Waals surface area contributed by atoms with E-state index in [9.17, 15) is 9.18 Å². The number of nitriles is 1. The Bertz CT molecular complexity index is 1000. The van der Waals surface area contributed by atoms with Gasteiger partial charge in [-0.2, -0.15) is 5.26 Å². The molecular formula is C25H29FN4O. The summed E-state index contributed by atoms with van der Waals surface area (Å²) in [5, 5.41) is 12.0. The molecule has 0 spiro atoms. The van der Waals surface area contributed by atoms with Gasteiger partial charge in [0.15, 0.2) is 0 Å². The van der Waals surface area contributed by atoms with Crippen molar-refractivity contribution in [1.29, 1.82) is 5.26 Å². The van der Waals surface area contributed by atoms with Crippen LogP contribution in [-0.2, 0) is 17.8 Å². The number of halogens is 1. The number of nitrogens with one attached hydrogen (secondary N) is 1. The molecule has 2 aliphatic heterocycles. The molecule has 5 nitrogen and oxygen atoms in total. The zero-order valence-corrected chi connectivity index (χ0v) is 18.0. The molecule has 1 saturated heterocycles. The van der Waals surface area contributed by atoms with Crippen molar-refractivity contribution >= 4 is 11.6 Å². The summed E-state index contributed by atoms with van der Waals surface area (Å²) in [7, 11) is 0. The predicted octanol–water partition coefficient (Wildman–Crippen LogP) is 3.40. The van der Waals surface area contributed by atoms with Gasteiger partial charge in [-0.25, -0.2) is 4.39 Å². The van der Waals surface area contributed by atoms with Crippen LogP contribution in [0, 0.1) is 30.0 Å². The van der Waals surface area contributed by atoms with Gasteiger partial charge in [0, 0.05) is 39.3 Å². The van der Waals surface area contributed by atoms with E-state index >= 15 is 0 Å². The van der Waals surface area contributed by atoms with Crippen molar-refractivity contribution in [3.63, 3.8) is 0 Å². The number of piperidine rings is 1. The maximum absolute atomic E-state index is 14.4. The molecule has 4 rings (SSSR count). The second kappa shape index (κ2) is 9.49. The highest BCUT2D eigenvalue weighted by atomic mass is 19.1. The van der Waals surface area contributed by atoms with Crippen LogP contribution in [0.3, 0.4) is 0 Å². The number of carbonyl (C=O) groups excluding carboxylic acids is 1. The Balaban J connectivity index is 1.27. The summed E-state index contributed by atoms with van der Waals surface area (Å²) in [5.41, 5.74) is 4.91. The molecule has 1 N–H and O–H groups in total. The largest absolute Gasteiger partial charge is 0.368 e. The number of fused-ring (bicyclic) bond motifs is 1. The minimum absolute atomic E-state index is 0.0480. The minimum atomic E-state index is -0.402. The van der Waals surface area contributed by atoms with E-state index < -0.39 is 5.82 Å². The van der Waals surface area contributed by atoms with E-state index in [2.05, 4.69) is 35.3 Å². The predicted molar refractivity (Wildman–Crippen MR) is 119 cm³/mol. The summed E-state index contributed by atoms with van der Waals surface area (Å²) < 4.78 is 14.4. The van der Waals surface area contributed by atoms with Crippen LogP contribution in [0.2, 0.25) is 0 Å². The highest BCUT2D eigenvalue weighted by Crippen LogP contribution is 2.26. The van der Waals surface area contributed by atoms with E-state index in [1.807, 2.05) is 11.0 Å². The van der Waals surface area contributed by atoms with E-state index in [-0.39, 0.29) is 11.8 Å². The second-order valence-corrected chi connectivity index (χ2v) is 8.65. The van der Waals surface area contributed by atoms with Gasteiger partial charge in [-0.1, -0.05) is 23.8 Å². The molecule has 6 heteroatoms. The summed E-state index contributed by atoms with van der Waals surface area (Å²) >= 11 is 0. The smallest absolute Gasteiger partial charge is 0.224 e. The van der Waals surface area contributed by atoms with Gasteiger partial charge >= 0.3 is 0 Å². The molecule has 162 valence electrons. The molecule has 0 aromatic heterocycles. The monoisotopic (exact) mass is 420 g/mol. The number of rotatable bonds is 5. The molecule has 1 fully saturated rings. The van der Waals surface area contributed by atoms with Crippen molar-refractivity contribution < 1.29 is 9.18 Å². The van der Waals surface area contributed by atoms with Gasteiger partial charge in [-0.05, 0) is 55.5 Å². The van der Waals surface area contributed by atoms with Gasteiger partial charge in [0.2, 0.25) is 5.91 Å². The number of hydrogen-bond donors (Lipinski definition) is 1. The molecule has 1 unspecified atom stereocenters. The number of amides is 1. The van der Waals surface area contributed by atoms with Crippen LogP contribution in [0.1, 0.15) is 35.1 Å². The maximum atomic E-state index is 14.4. The standard InChI is InChI=1S/C25H29FN4O/c1-18-4-6-21-16-29(11-8-20(21)13-18)12-9-28-25(31)22-3-2-10-30(17-22)24-7-5-19(15-27)14-23(24)26/h4-7,13-14,22H,2-3,8-12,16-17H2,1H3,(H,28,31). The van der Waals surface area contributed by atoms with Gasteiger partial charge in [-0.3, -0.25) is 9.69 Å². The summed E-state index contributed by atoms with van der Waals surface area (Å²) in [6.45, 7) is 6.76. The Hall–Kier alpha value is -2.91. The fraction of sp³-hybridized carbons (Fsp3) is 0.440. The lowest BCUT2D eigenvalue weighted by molar-refractivity contribution is -0.125. The molecule has 2 aliphatic rings. The zero-order chi connectivity index (χ0) is 21.8. The van der Waals surface area contributed by atoms with E-state index in [1.165, 1.54) is 22.8 Å². The average Bonchev–Trinajstić information content (AvgIpc) is 2.79. The third-order valence-electron chi connectivity index (χ3n) is 6.39. The van der Waals surface area contributed by atoms with Gasteiger partial charge < -0.3 is 10.2 Å². The number of carbonyl (C=O) groups is 1. The van der Waals surface area contributed by atoms with Crippen molar-refractivity contribution in [2.24, 2.45) is 5.92 Å². The Kier molecular flexibility index (Phi) is 6.53. The molecule has 0 bridgehead atoms. The van der Waals surface area contributed by atoms with Crippen LogP contribution in [0.25, 0.3) is 0 Å². The molecule has 1 atom stereocenters. The lowest BCUT2D eigenvalue weighted by Gasteiger charge is -2.34. The number of anilines is 1. The van der Waals surface area contributed by atoms with Crippen molar-refractivity contribution in [3.05, 3.63) is 64.5 Å². The fourth-order valence-corrected chi connectivity index (χ4v) is 4.66. The van der Waals surface area contributed by atoms with Gasteiger partial charge in [-0.15, -0.1) is 0 Å². The lowest BCUT2D eigenvalue weighted by atomic mass is 9.96. The number of hydrogen-bond acceptors (Lipinski definition) is 4. The normalized spacial score (nSPS) is 18.9. The molecule has 0 radical (unpaired) electrons. The van der Waals surface area contributed by atoms with Crippen molar-refractivity contribution in [2.75, 3.05) is 37.6 Å². The lowest BCUT2D eigenvalue weighted by Crippen LogP contribution is -2.45. The molecule has 2 heterocycles. The average molecular weight is 421 g/mol. The first-order valence-electron chi connectivity index (χ1n) is 11.1. The summed E-state index contributed by atoms with van der Waals surface area (Å²) in [6.07, 6.45) is 2.72. The summed E-state index contributed by atoms with van der Waals surface area (Å²) in [4.78, 5) is 17.1. The molecule has 31 heavy (non-hydrogen) atoms. The fourth-order valence-electron chi connectivity index (χ4n) is 4.66. The summed E-state index contributed by atoms with van der Waals surface area (Å²) in [6, 6.07) is 13.1. The van der Waals surface area contributed by atoms with Crippen LogP contribution in [0.5, 0.6) is 0 Å². The quantitative estimate of drug-likeness (QED) is 0.806. The van der Waals surface area contributed by atoms with Gasteiger partial charge in [0.1, 0.15) is 5.82 Å². The minimum Gasteiger partial charge on any atom is -0.368 e. The summed E-state index contributed by atoms with van der Waals surface area (Å²) in [5.74, 6) is -0.499. The Morgan fingerprint density at radius 3 is 2.90 bits per heavy atom.